The lowest BCUT2D eigenvalue weighted by atomic mass is 10.0. The standard InChI is InChI=1S/C69H56N2Si2/c1-72(2,3)61-45-34-53(35-46-61)51-28-39-58(40-29-51)70(60-43-32-55(33-44-60)56-38-49-69-67(50-56)66-26-16-17-27-68(66)71(69)57-18-8-4-9-19-57)59-41-30-52(31-42-59)54-36-47-65(48-37-54)73(62-20-10-5-11-21-62,63-22-12-6-13-23-63)64-24-14-7-15-25-64/h4-50H,1-3H3. The van der Waals surface area contributed by atoms with Gasteiger partial charge in [-0.3, -0.25) is 0 Å². The van der Waals surface area contributed by atoms with Gasteiger partial charge in [-0.1, -0.05) is 243 Å². The van der Waals surface area contributed by atoms with Crippen LogP contribution in [0.15, 0.2) is 285 Å². The molecule has 4 heteroatoms. The topological polar surface area (TPSA) is 8.17 Å². The van der Waals surface area contributed by atoms with Crippen molar-refractivity contribution in [1.29, 1.82) is 0 Å². The van der Waals surface area contributed by atoms with Gasteiger partial charge in [-0.05, 0) is 121 Å². The lowest BCUT2D eigenvalue weighted by molar-refractivity contribution is 1.18. The Hall–Kier alpha value is -8.55. The molecule has 11 aromatic carbocycles. The van der Waals surface area contributed by atoms with Gasteiger partial charge in [-0.2, -0.15) is 0 Å². The van der Waals surface area contributed by atoms with E-state index in [0.717, 1.165) is 17.1 Å². The molecule has 0 unspecified atom stereocenters. The van der Waals surface area contributed by atoms with E-state index >= 15 is 0 Å². The van der Waals surface area contributed by atoms with Gasteiger partial charge in [0.15, 0.2) is 8.07 Å². The molecule has 0 amide bonds. The number of hydrogen-bond acceptors (Lipinski definition) is 1. The third kappa shape index (κ3) is 8.55. The van der Waals surface area contributed by atoms with Crippen LogP contribution in [0, 0.1) is 0 Å². The first-order valence-corrected chi connectivity index (χ1v) is 30.9. The lowest BCUT2D eigenvalue weighted by Gasteiger charge is -2.34. The van der Waals surface area contributed by atoms with Crippen molar-refractivity contribution < 1.29 is 0 Å². The number of nitrogens with zero attached hydrogens (tertiary/aromatic N) is 2. The smallest absolute Gasteiger partial charge is 0.179 e. The highest BCUT2D eigenvalue weighted by Gasteiger charge is 2.41. The summed E-state index contributed by atoms with van der Waals surface area (Å²) in [7, 11) is -4.02. The number of anilines is 3. The molecule has 350 valence electrons. The van der Waals surface area contributed by atoms with Crippen molar-refractivity contribution in [3.05, 3.63) is 285 Å². The van der Waals surface area contributed by atoms with Crippen LogP contribution in [0.1, 0.15) is 0 Å². The van der Waals surface area contributed by atoms with E-state index in [1.54, 1.807) is 0 Å². The largest absolute Gasteiger partial charge is 0.311 e. The summed E-state index contributed by atoms with van der Waals surface area (Å²) in [6.07, 6.45) is 0. The van der Waals surface area contributed by atoms with Gasteiger partial charge in [0.2, 0.25) is 0 Å². The van der Waals surface area contributed by atoms with Crippen LogP contribution in [0.25, 0.3) is 60.9 Å². The first-order chi connectivity index (χ1) is 35.8. The molecule has 0 radical (unpaired) electrons. The van der Waals surface area contributed by atoms with E-state index in [1.807, 2.05) is 0 Å². The summed E-state index contributed by atoms with van der Waals surface area (Å²) in [5.74, 6) is 0. The molecule has 1 heterocycles. The first-order valence-electron chi connectivity index (χ1n) is 25.4. The van der Waals surface area contributed by atoms with Crippen LogP contribution in [0.4, 0.5) is 17.1 Å². The fourth-order valence-corrected chi connectivity index (χ4v) is 16.9. The van der Waals surface area contributed by atoms with Gasteiger partial charge < -0.3 is 9.47 Å². The van der Waals surface area contributed by atoms with Gasteiger partial charge in [0.05, 0.1) is 19.1 Å². The van der Waals surface area contributed by atoms with Crippen molar-refractivity contribution in [2.45, 2.75) is 19.6 Å². The maximum Gasteiger partial charge on any atom is 0.179 e. The molecular formula is C69H56N2Si2. The average molecular weight is 969 g/mol. The Bertz CT molecular complexity index is 3710. The summed E-state index contributed by atoms with van der Waals surface area (Å²) in [5.41, 5.74) is 14.1. The third-order valence-electron chi connectivity index (χ3n) is 14.8. The molecule has 0 aliphatic carbocycles. The van der Waals surface area contributed by atoms with E-state index < -0.39 is 16.1 Å². The molecule has 1 aromatic heterocycles. The molecular weight excluding hydrogens is 913 g/mol. The summed E-state index contributed by atoms with van der Waals surface area (Å²) in [6.45, 7) is 7.21. The van der Waals surface area contributed by atoms with Gasteiger partial charge in [-0.15, -0.1) is 0 Å². The minimum absolute atomic E-state index is 1.10. The maximum absolute atomic E-state index is 2.63. The van der Waals surface area contributed by atoms with Gasteiger partial charge in [0, 0.05) is 33.5 Å². The molecule has 12 rings (SSSR count). The normalized spacial score (nSPS) is 11.8. The zero-order chi connectivity index (χ0) is 49.4. The molecule has 0 saturated carbocycles. The molecule has 0 fully saturated rings. The SMILES string of the molecule is C[Si](C)(C)c1ccc(-c2ccc(N(c3ccc(-c4ccc([Si](c5ccccc5)(c5ccccc5)c5ccccc5)cc4)cc3)c3ccc(-c4ccc5c(c4)c4ccccc4n5-c4ccccc4)cc3)cc2)cc1. The minimum Gasteiger partial charge on any atom is -0.311 e. The molecule has 0 bridgehead atoms. The predicted octanol–water partition coefficient (Wildman–Crippen LogP) is 15.2. The van der Waals surface area contributed by atoms with Gasteiger partial charge in [0.1, 0.15) is 0 Å². The number of rotatable bonds is 12. The summed E-state index contributed by atoms with van der Waals surface area (Å²) in [6, 6.07) is 106. The van der Waals surface area contributed by atoms with Crippen LogP contribution in [-0.4, -0.2) is 20.7 Å². The van der Waals surface area contributed by atoms with Crippen LogP contribution in [0.5, 0.6) is 0 Å². The zero-order valence-corrected chi connectivity index (χ0v) is 43.5. The molecule has 0 aliphatic rings. The Kier molecular flexibility index (Phi) is 12.0. The molecule has 0 N–H and O–H groups in total. The highest BCUT2D eigenvalue weighted by molar-refractivity contribution is 7.19. The van der Waals surface area contributed by atoms with Crippen LogP contribution in [-0.2, 0) is 0 Å². The van der Waals surface area contributed by atoms with E-state index in [9.17, 15) is 0 Å². The minimum atomic E-state index is -2.63. The molecule has 2 nitrogen and oxygen atoms in total. The van der Waals surface area contributed by atoms with Crippen LogP contribution in [0.3, 0.4) is 0 Å². The van der Waals surface area contributed by atoms with Crippen LogP contribution in [0.2, 0.25) is 19.6 Å². The third-order valence-corrected chi connectivity index (χ3v) is 21.6. The van der Waals surface area contributed by atoms with Gasteiger partial charge >= 0.3 is 0 Å². The molecule has 0 saturated heterocycles. The van der Waals surface area contributed by atoms with Crippen LogP contribution >= 0.6 is 0 Å². The second kappa shape index (κ2) is 19.2. The summed E-state index contributed by atoms with van der Waals surface area (Å²) < 4.78 is 2.37. The van der Waals surface area contributed by atoms with Crippen molar-refractivity contribution in [3.8, 4) is 39.1 Å². The van der Waals surface area contributed by atoms with Gasteiger partial charge in [-0.25, -0.2) is 0 Å². The average Bonchev–Trinajstić information content (AvgIpc) is 3.79. The number of aromatic nitrogens is 1. The second-order valence-corrected chi connectivity index (χ2v) is 29.0. The Balaban J connectivity index is 0.903. The van der Waals surface area contributed by atoms with Crippen LogP contribution < -0.4 is 30.8 Å². The molecule has 12 aromatic rings. The van der Waals surface area contributed by atoms with Crippen molar-refractivity contribution in [1.82, 2.24) is 4.57 Å². The van der Waals surface area contributed by atoms with Crippen molar-refractivity contribution in [2.24, 2.45) is 0 Å². The Morgan fingerprint density at radius 1 is 0.274 bits per heavy atom. The van der Waals surface area contributed by atoms with Crippen molar-refractivity contribution >= 4 is 80.9 Å². The zero-order valence-electron chi connectivity index (χ0n) is 41.5. The summed E-state index contributed by atoms with van der Waals surface area (Å²) in [4.78, 5) is 2.38. The predicted molar refractivity (Wildman–Crippen MR) is 318 cm³/mol. The summed E-state index contributed by atoms with van der Waals surface area (Å²) in [5, 5.41) is 9.46. The molecule has 0 spiro atoms. The molecule has 0 aliphatic heterocycles. The summed E-state index contributed by atoms with van der Waals surface area (Å²) >= 11 is 0. The molecule has 73 heavy (non-hydrogen) atoms. The Labute approximate surface area is 431 Å². The second-order valence-electron chi connectivity index (χ2n) is 20.1. The van der Waals surface area contributed by atoms with E-state index in [-0.39, 0.29) is 0 Å². The van der Waals surface area contributed by atoms with E-state index in [4.69, 9.17) is 0 Å². The quantitative estimate of drug-likeness (QED) is 0.0875. The van der Waals surface area contributed by atoms with E-state index in [1.165, 1.54) is 86.8 Å². The number of hydrogen-bond donors (Lipinski definition) is 0. The molecule has 0 atom stereocenters. The Morgan fingerprint density at radius 3 is 1.04 bits per heavy atom. The fourth-order valence-electron chi connectivity index (χ4n) is 11.0. The van der Waals surface area contributed by atoms with Gasteiger partial charge in [0.25, 0.3) is 0 Å². The maximum atomic E-state index is 2.40. The van der Waals surface area contributed by atoms with E-state index in [0.29, 0.717) is 0 Å². The van der Waals surface area contributed by atoms with E-state index in [2.05, 4.69) is 314 Å². The number of benzene rings is 11. The monoisotopic (exact) mass is 968 g/mol. The lowest BCUT2D eigenvalue weighted by Crippen LogP contribution is -2.74. The highest BCUT2D eigenvalue weighted by Crippen LogP contribution is 2.39. The Morgan fingerprint density at radius 2 is 0.603 bits per heavy atom. The van der Waals surface area contributed by atoms with Crippen molar-refractivity contribution in [3.63, 3.8) is 0 Å². The first kappa shape index (κ1) is 45.6. The number of para-hydroxylation sites is 2. The highest BCUT2D eigenvalue weighted by atomic mass is 28.3. The van der Waals surface area contributed by atoms with Crippen molar-refractivity contribution in [2.75, 3.05) is 4.90 Å². The fraction of sp³-hybridized carbons (Fsp3) is 0.0435. The number of fused-ring (bicyclic) bond motifs is 3.